The summed E-state index contributed by atoms with van der Waals surface area (Å²) in [5.41, 5.74) is 2.71. The third kappa shape index (κ3) is 2.61. The fourth-order valence-corrected chi connectivity index (χ4v) is 2.98. The third-order valence-electron chi connectivity index (χ3n) is 3.70. The summed E-state index contributed by atoms with van der Waals surface area (Å²) in [6.07, 6.45) is 5.55. The van der Waals surface area contributed by atoms with Crippen molar-refractivity contribution in [2.45, 2.75) is 25.2 Å². The van der Waals surface area contributed by atoms with Crippen LogP contribution in [0.25, 0.3) is 11.5 Å². The van der Waals surface area contributed by atoms with Crippen molar-refractivity contribution in [3.63, 3.8) is 0 Å². The summed E-state index contributed by atoms with van der Waals surface area (Å²) in [4.78, 5) is 8.88. The Labute approximate surface area is 131 Å². The van der Waals surface area contributed by atoms with E-state index in [1.165, 1.54) is 25.0 Å². The number of nitrogens with one attached hydrogen (secondary N) is 1. The standard InChI is InChI=1S/C15H12N6S/c1-2-11(3-1)13-9-22-14(17-13)7-5-10-4-6-12(16-8-10)15-18-20-21-19-15/h4,6,8-9,11H,1-3H2,(H,18,19,20,21). The molecule has 1 saturated carbocycles. The van der Waals surface area contributed by atoms with Crippen molar-refractivity contribution < 1.29 is 0 Å². The Morgan fingerprint density at radius 1 is 1.23 bits per heavy atom. The molecule has 0 unspecified atom stereocenters. The number of H-pyrrole nitrogens is 1. The molecule has 7 heteroatoms. The van der Waals surface area contributed by atoms with E-state index in [2.05, 4.69) is 47.8 Å². The van der Waals surface area contributed by atoms with Gasteiger partial charge in [0.05, 0.1) is 5.69 Å². The molecule has 0 radical (unpaired) electrons. The number of hydrogen-bond donors (Lipinski definition) is 1. The van der Waals surface area contributed by atoms with Crippen LogP contribution in [0.3, 0.4) is 0 Å². The quantitative estimate of drug-likeness (QED) is 0.735. The van der Waals surface area contributed by atoms with E-state index < -0.39 is 0 Å². The van der Waals surface area contributed by atoms with Crippen molar-refractivity contribution in [2.24, 2.45) is 0 Å². The number of hydrogen-bond acceptors (Lipinski definition) is 6. The van der Waals surface area contributed by atoms with Gasteiger partial charge in [-0.2, -0.15) is 5.21 Å². The van der Waals surface area contributed by atoms with Crippen molar-refractivity contribution >= 4 is 11.3 Å². The molecule has 1 aliphatic carbocycles. The molecule has 0 saturated heterocycles. The predicted octanol–water partition coefficient (Wildman–Crippen LogP) is 2.39. The second-order valence-corrected chi connectivity index (χ2v) is 5.98. The minimum Gasteiger partial charge on any atom is -0.251 e. The van der Waals surface area contributed by atoms with E-state index in [0.717, 1.165) is 10.6 Å². The number of thiazole rings is 1. The summed E-state index contributed by atoms with van der Waals surface area (Å²) >= 11 is 1.61. The molecule has 3 aromatic heterocycles. The molecule has 6 nitrogen and oxygen atoms in total. The van der Waals surface area contributed by atoms with E-state index in [1.54, 1.807) is 17.5 Å². The van der Waals surface area contributed by atoms with Gasteiger partial charge in [-0.3, -0.25) is 4.98 Å². The molecule has 1 N–H and O–H groups in total. The first-order chi connectivity index (χ1) is 10.9. The van der Waals surface area contributed by atoms with E-state index in [1.807, 2.05) is 12.1 Å². The number of aromatic amines is 1. The van der Waals surface area contributed by atoms with Gasteiger partial charge in [0.2, 0.25) is 5.82 Å². The number of pyridine rings is 1. The van der Waals surface area contributed by atoms with Gasteiger partial charge in [0.1, 0.15) is 5.69 Å². The molecule has 1 aliphatic rings. The molecule has 108 valence electrons. The van der Waals surface area contributed by atoms with Crippen molar-refractivity contribution in [1.29, 1.82) is 0 Å². The molecule has 0 atom stereocenters. The summed E-state index contributed by atoms with van der Waals surface area (Å²) < 4.78 is 0. The van der Waals surface area contributed by atoms with Gasteiger partial charge in [0.25, 0.3) is 0 Å². The van der Waals surface area contributed by atoms with Crippen LogP contribution in [0.5, 0.6) is 0 Å². The minimum absolute atomic E-state index is 0.476. The molecular weight excluding hydrogens is 296 g/mol. The van der Waals surface area contributed by atoms with Crippen LogP contribution in [-0.2, 0) is 0 Å². The first-order valence-electron chi connectivity index (χ1n) is 7.06. The summed E-state index contributed by atoms with van der Waals surface area (Å²) in [5.74, 6) is 7.33. The molecule has 0 bridgehead atoms. The van der Waals surface area contributed by atoms with E-state index in [4.69, 9.17) is 0 Å². The van der Waals surface area contributed by atoms with Crippen LogP contribution in [0.15, 0.2) is 23.7 Å². The molecule has 3 heterocycles. The van der Waals surface area contributed by atoms with Crippen molar-refractivity contribution in [1.82, 2.24) is 30.6 Å². The lowest BCUT2D eigenvalue weighted by Crippen LogP contribution is -2.08. The Kier molecular flexibility index (Phi) is 3.37. The van der Waals surface area contributed by atoms with Crippen LogP contribution in [0.1, 0.15) is 41.4 Å². The molecule has 0 spiro atoms. The lowest BCUT2D eigenvalue weighted by molar-refractivity contribution is 0.412. The lowest BCUT2D eigenvalue weighted by Gasteiger charge is -2.22. The zero-order valence-electron chi connectivity index (χ0n) is 11.7. The largest absolute Gasteiger partial charge is 0.251 e. The van der Waals surface area contributed by atoms with Gasteiger partial charge >= 0.3 is 0 Å². The van der Waals surface area contributed by atoms with Gasteiger partial charge in [0.15, 0.2) is 5.01 Å². The van der Waals surface area contributed by atoms with Crippen LogP contribution < -0.4 is 0 Å². The summed E-state index contributed by atoms with van der Waals surface area (Å²) in [6, 6.07) is 3.72. The Balaban J connectivity index is 1.50. The molecule has 3 aromatic rings. The van der Waals surface area contributed by atoms with Crippen molar-refractivity contribution in [3.05, 3.63) is 40.0 Å². The van der Waals surface area contributed by atoms with Gasteiger partial charge in [-0.15, -0.1) is 21.5 Å². The molecule has 0 amide bonds. The fraction of sp³-hybridized carbons (Fsp3) is 0.267. The monoisotopic (exact) mass is 308 g/mol. The lowest BCUT2D eigenvalue weighted by atomic mass is 9.83. The normalized spacial score (nSPS) is 14.2. The number of aromatic nitrogens is 6. The van der Waals surface area contributed by atoms with E-state index >= 15 is 0 Å². The fourth-order valence-electron chi connectivity index (χ4n) is 2.23. The third-order valence-corrected chi connectivity index (χ3v) is 4.47. The highest BCUT2D eigenvalue weighted by Crippen LogP contribution is 2.36. The van der Waals surface area contributed by atoms with Crippen molar-refractivity contribution in [2.75, 3.05) is 0 Å². The molecule has 0 aromatic carbocycles. The SMILES string of the molecule is C(#Cc1nc(C2CCC2)cs1)c1ccc(-c2nn[nH]n2)nc1. The van der Waals surface area contributed by atoms with E-state index in [9.17, 15) is 0 Å². The predicted molar refractivity (Wildman–Crippen MR) is 82.1 cm³/mol. The van der Waals surface area contributed by atoms with Crippen molar-refractivity contribution in [3.8, 4) is 23.4 Å². The Morgan fingerprint density at radius 2 is 2.18 bits per heavy atom. The summed E-state index contributed by atoms with van der Waals surface area (Å²) in [7, 11) is 0. The van der Waals surface area contributed by atoms with Crippen LogP contribution in [-0.4, -0.2) is 30.6 Å². The molecular formula is C15H12N6S. The maximum atomic E-state index is 4.60. The molecule has 22 heavy (non-hydrogen) atoms. The van der Waals surface area contributed by atoms with Gasteiger partial charge in [0, 0.05) is 23.1 Å². The highest BCUT2D eigenvalue weighted by Gasteiger charge is 2.21. The Morgan fingerprint density at radius 3 is 2.86 bits per heavy atom. The highest BCUT2D eigenvalue weighted by atomic mass is 32.1. The zero-order chi connectivity index (χ0) is 14.8. The topological polar surface area (TPSA) is 80.2 Å². The number of tetrazole rings is 1. The first kappa shape index (κ1) is 13.1. The Bertz CT molecular complexity index is 821. The van der Waals surface area contributed by atoms with Crippen LogP contribution in [0.2, 0.25) is 0 Å². The molecule has 4 rings (SSSR count). The average Bonchev–Trinajstić information content (AvgIpc) is 3.16. The van der Waals surface area contributed by atoms with Crippen LogP contribution >= 0.6 is 11.3 Å². The zero-order valence-corrected chi connectivity index (χ0v) is 12.5. The maximum Gasteiger partial charge on any atom is 0.222 e. The molecule has 0 aliphatic heterocycles. The summed E-state index contributed by atoms with van der Waals surface area (Å²) in [5, 5.41) is 16.7. The Hall–Kier alpha value is -2.59. The maximum absolute atomic E-state index is 4.60. The summed E-state index contributed by atoms with van der Waals surface area (Å²) in [6.45, 7) is 0. The van der Waals surface area contributed by atoms with Crippen LogP contribution in [0, 0.1) is 11.8 Å². The average molecular weight is 308 g/mol. The van der Waals surface area contributed by atoms with Crippen LogP contribution in [0.4, 0.5) is 0 Å². The van der Waals surface area contributed by atoms with E-state index in [-0.39, 0.29) is 0 Å². The smallest absolute Gasteiger partial charge is 0.222 e. The first-order valence-corrected chi connectivity index (χ1v) is 7.94. The van der Waals surface area contributed by atoms with Gasteiger partial charge in [-0.05, 0) is 36.1 Å². The highest BCUT2D eigenvalue weighted by molar-refractivity contribution is 7.10. The van der Waals surface area contributed by atoms with Gasteiger partial charge < -0.3 is 0 Å². The number of rotatable bonds is 2. The number of nitrogens with zero attached hydrogens (tertiary/aromatic N) is 5. The second-order valence-electron chi connectivity index (χ2n) is 5.12. The second kappa shape index (κ2) is 5.66. The van der Waals surface area contributed by atoms with E-state index in [0.29, 0.717) is 17.4 Å². The minimum atomic E-state index is 0.476. The van der Waals surface area contributed by atoms with Gasteiger partial charge in [-0.25, -0.2) is 4.98 Å². The molecule has 1 fully saturated rings. The van der Waals surface area contributed by atoms with Gasteiger partial charge in [-0.1, -0.05) is 12.3 Å².